The maximum absolute atomic E-state index is 6.29. The van der Waals surface area contributed by atoms with Gasteiger partial charge in [-0.3, -0.25) is 0 Å². The zero-order valence-electron chi connectivity index (χ0n) is 38.7. The average molecular weight is 872 g/mol. The lowest BCUT2D eigenvalue weighted by Gasteiger charge is -2.28. The molecule has 1 aromatic heterocycles. The van der Waals surface area contributed by atoms with Gasteiger partial charge in [-0.25, -0.2) is 0 Å². The summed E-state index contributed by atoms with van der Waals surface area (Å²) >= 11 is 0. The fourth-order valence-electron chi connectivity index (χ4n) is 11.7. The van der Waals surface area contributed by atoms with E-state index in [-0.39, 0.29) is 10.8 Å². The second-order valence-corrected chi connectivity index (χ2v) is 19.7. The van der Waals surface area contributed by atoms with Crippen LogP contribution in [0.5, 0.6) is 0 Å². The molecule has 0 bridgehead atoms. The number of fused-ring (bicyclic) bond motifs is 9. The zero-order chi connectivity index (χ0) is 45.7. The van der Waals surface area contributed by atoms with Gasteiger partial charge in [0.15, 0.2) is 0 Å². The van der Waals surface area contributed by atoms with Gasteiger partial charge in [0.05, 0.1) is 0 Å². The van der Waals surface area contributed by atoms with E-state index in [4.69, 9.17) is 4.42 Å². The Labute approximate surface area is 398 Å². The quantitative estimate of drug-likeness (QED) is 0.159. The van der Waals surface area contributed by atoms with Crippen LogP contribution in [-0.2, 0) is 10.8 Å². The molecule has 0 saturated heterocycles. The van der Waals surface area contributed by atoms with Gasteiger partial charge in [0.1, 0.15) is 11.2 Å². The van der Waals surface area contributed by atoms with Crippen LogP contribution in [0.4, 0.5) is 17.1 Å². The molecule has 10 aromatic carbocycles. The second-order valence-electron chi connectivity index (χ2n) is 19.7. The molecule has 0 unspecified atom stereocenters. The largest absolute Gasteiger partial charge is 0.456 e. The van der Waals surface area contributed by atoms with Crippen molar-refractivity contribution in [2.24, 2.45) is 0 Å². The summed E-state index contributed by atoms with van der Waals surface area (Å²) in [7, 11) is 0. The van der Waals surface area contributed by atoms with Gasteiger partial charge in [0, 0.05) is 38.7 Å². The molecule has 0 fully saturated rings. The number of rotatable bonds is 7. The van der Waals surface area contributed by atoms with Crippen LogP contribution in [0, 0.1) is 0 Å². The lowest BCUT2D eigenvalue weighted by atomic mass is 9.78. The van der Waals surface area contributed by atoms with E-state index >= 15 is 0 Å². The Morgan fingerprint density at radius 2 is 0.838 bits per heavy atom. The van der Waals surface area contributed by atoms with Crippen LogP contribution in [0.2, 0.25) is 0 Å². The van der Waals surface area contributed by atoms with Crippen LogP contribution >= 0.6 is 0 Å². The molecular formula is C66H49NO. The van der Waals surface area contributed by atoms with Crippen molar-refractivity contribution < 1.29 is 4.42 Å². The van der Waals surface area contributed by atoms with Crippen molar-refractivity contribution in [1.82, 2.24) is 0 Å². The van der Waals surface area contributed by atoms with Crippen LogP contribution in [0.25, 0.3) is 88.7 Å². The molecule has 2 nitrogen and oxygen atoms in total. The maximum Gasteiger partial charge on any atom is 0.136 e. The van der Waals surface area contributed by atoms with E-state index in [1.54, 1.807) is 0 Å². The molecule has 0 atom stereocenters. The van der Waals surface area contributed by atoms with Gasteiger partial charge in [-0.15, -0.1) is 0 Å². The molecule has 68 heavy (non-hydrogen) atoms. The van der Waals surface area contributed by atoms with Crippen molar-refractivity contribution in [2.45, 2.75) is 38.5 Å². The van der Waals surface area contributed by atoms with Gasteiger partial charge in [-0.2, -0.15) is 0 Å². The molecule has 0 radical (unpaired) electrons. The minimum atomic E-state index is -0.173. The Kier molecular flexibility index (Phi) is 8.95. The standard InChI is InChI=1S/C66H49NO/c1-65(2)58-23-13-11-20-52(58)53-36-35-50(41-60(53)65)67(49-33-28-45(29-34-49)51-22-15-25-62-63(51)54-21-12-14-24-61(54)68-62)48-31-26-43(27-32-48)46-30-37-59-56(38-46)57-40-47(42-16-7-5-8-17-42)39-55(64(57)66(59,3)4)44-18-9-6-10-19-44/h5-41H,1-4H3. The number of furan rings is 1. The SMILES string of the molecule is CC1(C)c2ccccc2-c2ccc(N(c3ccc(-c4ccc5c(c4)-c4cc(-c6ccccc6)cc(-c6ccccc6)c4C5(C)C)cc3)c3ccc(-c4cccc5oc6ccccc6c45)cc3)cc21. The number of hydrogen-bond donors (Lipinski definition) is 0. The Bertz CT molecular complexity index is 3760. The first kappa shape index (κ1) is 40.1. The predicted octanol–water partition coefficient (Wildman–Crippen LogP) is 18.3. The number of benzene rings is 10. The summed E-state index contributed by atoms with van der Waals surface area (Å²) in [5.41, 5.74) is 25.3. The molecule has 11 aromatic rings. The number of nitrogens with zero attached hydrogens (tertiary/aromatic N) is 1. The molecular weight excluding hydrogens is 823 g/mol. The topological polar surface area (TPSA) is 16.4 Å². The monoisotopic (exact) mass is 871 g/mol. The van der Waals surface area contributed by atoms with E-state index < -0.39 is 0 Å². The first-order chi connectivity index (χ1) is 33.2. The molecule has 1 heterocycles. The second kappa shape index (κ2) is 15.2. The lowest BCUT2D eigenvalue weighted by molar-refractivity contribution is 0.660. The van der Waals surface area contributed by atoms with Gasteiger partial charge >= 0.3 is 0 Å². The molecule has 2 aliphatic carbocycles. The Morgan fingerprint density at radius 1 is 0.309 bits per heavy atom. The molecule has 2 aliphatic rings. The molecule has 2 heteroatoms. The van der Waals surface area contributed by atoms with Gasteiger partial charge < -0.3 is 9.32 Å². The summed E-state index contributed by atoms with van der Waals surface area (Å²) in [4.78, 5) is 2.42. The van der Waals surface area contributed by atoms with Crippen LogP contribution < -0.4 is 4.90 Å². The van der Waals surface area contributed by atoms with Gasteiger partial charge in [0.25, 0.3) is 0 Å². The van der Waals surface area contributed by atoms with Crippen molar-refractivity contribution in [1.29, 1.82) is 0 Å². The highest BCUT2D eigenvalue weighted by atomic mass is 16.3. The summed E-state index contributed by atoms with van der Waals surface area (Å²) in [5.74, 6) is 0. The average Bonchev–Trinajstić information content (AvgIpc) is 3.96. The molecule has 0 N–H and O–H groups in total. The van der Waals surface area contributed by atoms with E-state index in [1.807, 2.05) is 6.07 Å². The minimum Gasteiger partial charge on any atom is -0.456 e. The zero-order valence-corrected chi connectivity index (χ0v) is 38.7. The summed E-state index contributed by atoms with van der Waals surface area (Å²) < 4.78 is 6.29. The summed E-state index contributed by atoms with van der Waals surface area (Å²) in [5, 5.41) is 2.28. The third-order valence-corrected chi connectivity index (χ3v) is 15.1. The molecule has 0 amide bonds. The summed E-state index contributed by atoms with van der Waals surface area (Å²) in [6.07, 6.45) is 0. The van der Waals surface area contributed by atoms with Crippen LogP contribution in [0.1, 0.15) is 49.9 Å². The normalized spacial score (nSPS) is 13.8. The van der Waals surface area contributed by atoms with Crippen LogP contribution in [0.3, 0.4) is 0 Å². The Balaban J connectivity index is 0.916. The fraction of sp³-hybridized carbons (Fsp3) is 0.0909. The van der Waals surface area contributed by atoms with Crippen molar-refractivity contribution in [3.05, 3.63) is 247 Å². The number of hydrogen-bond acceptors (Lipinski definition) is 2. The molecule has 0 spiro atoms. The van der Waals surface area contributed by atoms with Crippen LogP contribution in [0.15, 0.2) is 229 Å². The summed E-state index contributed by atoms with van der Waals surface area (Å²) in [6.45, 7) is 9.49. The van der Waals surface area contributed by atoms with Gasteiger partial charge in [0.2, 0.25) is 0 Å². The first-order valence-corrected chi connectivity index (χ1v) is 23.8. The van der Waals surface area contributed by atoms with Crippen molar-refractivity contribution in [2.75, 3.05) is 4.90 Å². The van der Waals surface area contributed by atoms with Gasteiger partial charge in [-0.05, 0) is 156 Å². The molecule has 13 rings (SSSR count). The maximum atomic E-state index is 6.29. The first-order valence-electron chi connectivity index (χ1n) is 23.8. The lowest BCUT2D eigenvalue weighted by Crippen LogP contribution is -2.16. The van der Waals surface area contributed by atoms with Crippen molar-refractivity contribution in [3.8, 4) is 66.8 Å². The number of anilines is 3. The fourth-order valence-corrected chi connectivity index (χ4v) is 11.7. The van der Waals surface area contributed by atoms with E-state index in [1.165, 1.54) is 83.5 Å². The van der Waals surface area contributed by atoms with Crippen LogP contribution in [-0.4, -0.2) is 0 Å². The number of para-hydroxylation sites is 1. The molecule has 324 valence electrons. The summed E-state index contributed by atoms with van der Waals surface area (Å²) in [6, 6.07) is 82.5. The molecule has 0 aliphatic heterocycles. The Hall–Kier alpha value is -8.20. The highest BCUT2D eigenvalue weighted by Crippen LogP contribution is 2.55. The predicted molar refractivity (Wildman–Crippen MR) is 285 cm³/mol. The van der Waals surface area contributed by atoms with E-state index in [9.17, 15) is 0 Å². The van der Waals surface area contributed by atoms with Crippen molar-refractivity contribution >= 4 is 39.0 Å². The van der Waals surface area contributed by atoms with Crippen molar-refractivity contribution in [3.63, 3.8) is 0 Å². The smallest absolute Gasteiger partial charge is 0.136 e. The molecule has 0 saturated carbocycles. The third kappa shape index (κ3) is 6.17. The highest BCUT2D eigenvalue weighted by molar-refractivity contribution is 6.12. The minimum absolute atomic E-state index is 0.127. The van der Waals surface area contributed by atoms with E-state index in [0.29, 0.717) is 0 Å². The third-order valence-electron chi connectivity index (χ3n) is 15.1. The Morgan fingerprint density at radius 3 is 1.60 bits per heavy atom. The van der Waals surface area contributed by atoms with E-state index in [0.717, 1.165) is 44.6 Å². The van der Waals surface area contributed by atoms with E-state index in [2.05, 4.69) is 251 Å². The van der Waals surface area contributed by atoms with Gasteiger partial charge in [-0.1, -0.05) is 185 Å². The highest BCUT2D eigenvalue weighted by Gasteiger charge is 2.39.